The second-order valence-corrected chi connectivity index (χ2v) is 8.72. The normalized spacial score (nSPS) is 11.4. The molecule has 0 aliphatic rings. The second kappa shape index (κ2) is 8.93. The fourth-order valence-electron chi connectivity index (χ4n) is 0.863. The third kappa shape index (κ3) is 12.8. The maximum absolute atomic E-state index is 10.9. The maximum Gasteiger partial charge on any atom is 0.331 e. The predicted molar refractivity (Wildman–Crippen MR) is 65.8 cm³/mol. The molecule has 0 aliphatic carbocycles. The first kappa shape index (κ1) is 15.8. The quantitative estimate of drug-likeness (QED) is 0.216. The second-order valence-electron chi connectivity index (χ2n) is 4.20. The maximum atomic E-state index is 10.9. The van der Waals surface area contributed by atoms with Crippen LogP contribution in [0.2, 0.25) is 19.6 Å². The lowest BCUT2D eigenvalue weighted by Gasteiger charge is -2.16. The molecule has 6 heteroatoms. The minimum absolute atomic E-state index is 0.182. The van der Waals surface area contributed by atoms with Crippen molar-refractivity contribution in [2.45, 2.75) is 19.6 Å². The van der Waals surface area contributed by atoms with Crippen LogP contribution in [0.15, 0.2) is 12.2 Å². The summed E-state index contributed by atoms with van der Waals surface area (Å²) in [7, 11) is -1.46. The van der Waals surface area contributed by atoms with E-state index in [-0.39, 0.29) is 6.61 Å². The van der Waals surface area contributed by atoms with Gasteiger partial charge in [0.1, 0.15) is 6.61 Å². The molecule has 0 spiro atoms. The zero-order valence-corrected chi connectivity index (χ0v) is 11.6. The average molecular weight is 257 g/mol. The average Bonchev–Trinajstić information content (AvgIpc) is 2.23. The first-order valence-electron chi connectivity index (χ1n) is 5.40. The molecule has 96 valence electrons. The highest BCUT2D eigenvalue weighted by molar-refractivity contribution is 6.69. The molecule has 0 aliphatic heterocycles. The summed E-state index contributed by atoms with van der Waals surface area (Å²) in [6, 6.07) is 1.71. The monoisotopic (exact) mass is 257 g/mol. The third-order valence-electron chi connectivity index (χ3n) is 1.53. The number of nitriles is 1. The van der Waals surface area contributed by atoms with Crippen LogP contribution in [0, 0.1) is 11.3 Å². The van der Waals surface area contributed by atoms with E-state index in [0.29, 0.717) is 19.8 Å². The van der Waals surface area contributed by atoms with Crippen molar-refractivity contribution < 1.29 is 18.7 Å². The number of esters is 1. The Balaban J connectivity index is 3.33. The summed E-state index contributed by atoms with van der Waals surface area (Å²) >= 11 is 0. The molecule has 0 amide bonds. The van der Waals surface area contributed by atoms with Crippen molar-refractivity contribution in [1.82, 2.24) is 0 Å². The van der Waals surface area contributed by atoms with Crippen LogP contribution in [0.25, 0.3) is 0 Å². The highest BCUT2D eigenvalue weighted by Crippen LogP contribution is 2.01. The molecule has 5 nitrogen and oxygen atoms in total. The van der Waals surface area contributed by atoms with Crippen molar-refractivity contribution in [2.75, 3.05) is 26.4 Å². The topological polar surface area (TPSA) is 68.6 Å². The molecular weight excluding hydrogens is 238 g/mol. The highest BCUT2D eigenvalue weighted by atomic mass is 28.4. The van der Waals surface area contributed by atoms with E-state index in [2.05, 4.69) is 19.6 Å². The van der Waals surface area contributed by atoms with E-state index in [0.717, 1.165) is 12.2 Å². The van der Waals surface area contributed by atoms with E-state index in [1.54, 1.807) is 6.07 Å². The van der Waals surface area contributed by atoms with E-state index in [1.165, 1.54) is 0 Å². The van der Waals surface area contributed by atoms with Gasteiger partial charge in [-0.3, -0.25) is 0 Å². The van der Waals surface area contributed by atoms with E-state index >= 15 is 0 Å². The van der Waals surface area contributed by atoms with Crippen molar-refractivity contribution in [3.8, 4) is 6.07 Å². The molecule has 0 atom stereocenters. The van der Waals surface area contributed by atoms with E-state index < -0.39 is 14.3 Å². The molecule has 0 aromatic heterocycles. The minimum atomic E-state index is -1.46. The Morgan fingerprint density at radius 1 is 1.24 bits per heavy atom. The molecule has 0 aromatic carbocycles. The van der Waals surface area contributed by atoms with Gasteiger partial charge >= 0.3 is 5.97 Å². The molecule has 0 fully saturated rings. The number of rotatable bonds is 8. The van der Waals surface area contributed by atoms with Crippen LogP contribution in [-0.2, 0) is 18.7 Å². The van der Waals surface area contributed by atoms with Gasteiger partial charge in [-0.2, -0.15) is 5.26 Å². The van der Waals surface area contributed by atoms with Crippen LogP contribution in [0.3, 0.4) is 0 Å². The largest absolute Gasteiger partial charge is 0.460 e. The van der Waals surface area contributed by atoms with Crippen molar-refractivity contribution in [3.63, 3.8) is 0 Å². The summed E-state index contributed by atoms with van der Waals surface area (Å²) in [5, 5.41) is 8.17. The van der Waals surface area contributed by atoms with Gasteiger partial charge in [0.2, 0.25) is 0 Å². The molecule has 0 bridgehead atoms. The van der Waals surface area contributed by atoms with Gasteiger partial charge in [-0.25, -0.2) is 4.79 Å². The Kier molecular flexibility index (Phi) is 8.32. The van der Waals surface area contributed by atoms with Gasteiger partial charge in [0.25, 0.3) is 0 Å². The zero-order valence-electron chi connectivity index (χ0n) is 10.6. The van der Waals surface area contributed by atoms with E-state index in [1.807, 2.05) is 0 Å². The van der Waals surface area contributed by atoms with Crippen molar-refractivity contribution in [1.29, 1.82) is 5.26 Å². The summed E-state index contributed by atoms with van der Waals surface area (Å²) in [5.74, 6) is -0.534. The molecule has 0 N–H and O–H groups in total. The molecule has 0 radical (unpaired) electrons. The van der Waals surface area contributed by atoms with Crippen molar-refractivity contribution >= 4 is 14.3 Å². The lowest BCUT2D eigenvalue weighted by atomic mass is 10.5. The fraction of sp³-hybridized carbons (Fsp3) is 0.636. The first-order valence-corrected chi connectivity index (χ1v) is 8.81. The number of carbonyl (C=O) groups excluding carboxylic acids is 1. The molecule has 0 saturated heterocycles. The lowest BCUT2D eigenvalue weighted by molar-refractivity contribution is -0.139. The molecular formula is C11H19NO4Si. The molecule has 0 rings (SSSR count). The van der Waals surface area contributed by atoms with Gasteiger partial charge in [0.15, 0.2) is 8.32 Å². The number of hydrogen-bond acceptors (Lipinski definition) is 5. The molecule has 0 saturated carbocycles. The number of allylic oxidation sites excluding steroid dienone is 1. The van der Waals surface area contributed by atoms with Gasteiger partial charge in [0.05, 0.1) is 25.9 Å². The standard InChI is InChI=1S/C11H19NO4Si/c1-17(2,3)16-10-8-14-7-9-15-11(13)5-4-6-12/h4-5H,7-10H2,1-3H3. The van der Waals surface area contributed by atoms with Gasteiger partial charge in [0, 0.05) is 12.2 Å². The Morgan fingerprint density at radius 2 is 1.88 bits per heavy atom. The van der Waals surface area contributed by atoms with Gasteiger partial charge in [-0.05, 0) is 19.6 Å². The smallest absolute Gasteiger partial charge is 0.331 e. The van der Waals surface area contributed by atoms with Crippen molar-refractivity contribution in [2.24, 2.45) is 0 Å². The summed E-state index contributed by atoms with van der Waals surface area (Å²) in [6.07, 6.45) is 2.15. The molecule has 0 unspecified atom stereocenters. The van der Waals surface area contributed by atoms with Crippen LogP contribution in [0.1, 0.15) is 0 Å². The first-order chi connectivity index (χ1) is 7.95. The summed E-state index contributed by atoms with van der Waals surface area (Å²) in [6.45, 7) is 7.90. The molecule has 0 aromatic rings. The molecule has 17 heavy (non-hydrogen) atoms. The van der Waals surface area contributed by atoms with Gasteiger partial charge in [-0.1, -0.05) is 0 Å². The Labute approximate surface area is 103 Å². The van der Waals surface area contributed by atoms with Crippen LogP contribution < -0.4 is 0 Å². The summed E-state index contributed by atoms with van der Waals surface area (Å²) in [4.78, 5) is 10.9. The predicted octanol–water partition coefficient (Wildman–Crippen LogP) is 1.48. The van der Waals surface area contributed by atoms with Crippen LogP contribution in [0.4, 0.5) is 0 Å². The Bertz CT molecular complexity index is 291. The van der Waals surface area contributed by atoms with Crippen LogP contribution in [0.5, 0.6) is 0 Å². The minimum Gasteiger partial charge on any atom is -0.460 e. The SMILES string of the molecule is C[Si](C)(C)OCCOCCOC(=O)C=CC#N. The van der Waals surface area contributed by atoms with E-state index in [9.17, 15) is 4.79 Å². The highest BCUT2D eigenvalue weighted by Gasteiger charge is 2.12. The van der Waals surface area contributed by atoms with Crippen molar-refractivity contribution in [3.05, 3.63) is 12.2 Å². The Hall–Kier alpha value is -1.16. The molecule has 0 heterocycles. The summed E-state index contributed by atoms with van der Waals surface area (Å²) in [5.41, 5.74) is 0. The van der Waals surface area contributed by atoms with Crippen LogP contribution >= 0.6 is 0 Å². The van der Waals surface area contributed by atoms with Gasteiger partial charge < -0.3 is 13.9 Å². The Morgan fingerprint density at radius 3 is 2.47 bits per heavy atom. The van der Waals surface area contributed by atoms with E-state index in [4.69, 9.17) is 19.2 Å². The number of carbonyl (C=O) groups is 1. The number of ether oxygens (including phenoxy) is 2. The number of hydrogen-bond donors (Lipinski definition) is 0. The third-order valence-corrected chi connectivity index (χ3v) is 2.60. The summed E-state index contributed by atoms with van der Waals surface area (Å²) < 4.78 is 15.5. The zero-order chi connectivity index (χ0) is 13.1. The lowest BCUT2D eigenvalue weighted by Crippen LogP contribution is -2.27. The van der Waals surface area contributed by atoms with Crippen LogP contribution in [-0.4, -0.2) is 40.7 Å². The fourth-order valence-corrected chi connectivity index (χ4v) is 1.56. The van der Waals surface area contributed by atoms with Gasteiger partial charge in [-0.15, -0.1) is 0 Å². The number of nitrogens with zero attached hydrogens (tertiary/aromatic N) is 1.